The fourth-order valence-electron chi connectivity index (χ4n) is 2.12. The van der Waals surface area contributed by atoms with E-state index in [4.69, 9.17) is 4.74 Å². The van der Waals surface area contributed by atoms with Crippen molar-refractivity contribution >= 4 is 11.4 Å². The molecular formula is C15H15N2O. The Bertz CT molecular complexity index is 536. The summed E-state index contributed by atoms with van der Waals surface area (Å²) in [5.41, 5.74) is 3.63. The minimum atomic E-state index is 0.855. The monoisotopic (exact) mass is 239 g/mol. The lowest BCUT2D eigenvalue weighted by Crippen LogP contribution is -2.16. The second-order valence-electron chi connectivity index (χ2n) is 4.27. The minimum absolute atomic E-state index is 0.855. The van der Waals surface area contributed by atoms with Gasteiger partial charge < -0.3 is 15.0 Å². The van der Waals surface area contributed by atoms with E-state index in [1.54, 1.807) is 7.11 Å². The summed E-state index contributed by atoms with van der Waals surface area (Å²) in [6.45, 7) is 2.86. The highest BCUT2D eigenvalue weighted by Gasteiger charge is 2.18. The van der Waals surface area contributed by atoms with E-state index < -0.39 is 0 Å². The second kappa shape index (κ2) is 4.61. The zero-order valence-corrected chi connectivity index (χ0v) is 10.3. The summed E-state index contributed by atoms with van der Waals surface area (Å²) in [4.78, 5) is 2.21. The number of methoxy groups -OCH3 is 1. The molecule has 18 heavy (non-hydrogen) atoms. The molecule has 3 heteroatoms. The molecular weight excluding hydrogens is 224 g/mol. The Morgan fingerprint density at radius 2 is 1.83 bits per heavy atom. The van der Waals surface area contributed by atoms with Crippen LogP contribution in [0.2, 0.25) is 0 Å². The van der Waals surface area contributed by atoms with Gasteiger partial charge in [0.15, 0.2) is 0 Å². The van der Waals surface area contributed by atoms with Crippen molar-refractivity contribution in [3.63, 3.8) is 0 Å². The smallest absolute Gasteiger partial charge is 0.139 e. The maximum absolute atomic E-state index is 5.16. The summed E-state index contributed by atoms with van der Waals surface area (Å²) >= 11 is 0. The number of rotatable bonds is 3. The van der Waals surface area contributed by atoms with Crippen molar-refractivity contribution in [3.8, 4) is 5.75 Å². The molecule has 0 unspecified atom stereocenters. The molecule has 1 N–H and O–H groups in total. The molecule has 0 atom stereocenters. The third kappa shape index (κ3) is 1.99. The van der Waals surface area contributed by atoms with Gasteiger partial charge in [-0.2, -0.15) is 0 Å². The predicted octanol–water partition coefficient (Wildman–Crippen LogP) is 3.25. The van der Waals surface area contributed by atoms with Crippen LogP contribution in [-0.4, -0.2) is 7.11 Å². The average molecular weight is 239 g/mol. The quantitative estimate of drug-likeness (QED) is 0.889. The van der Waals surface area contributed by atoms with E-state index in [9.17, 15) is 0 Å². The number of nitrogens with zero attached hydrogens (tertiary/aromatic N) is 1. The van der Waals surface area contributed by atoms with Crippen molar-refractivity contribution in [2.24, 2.45) is 0 Å². The van der Waals surface area contributed by atoms with Gasteiger partial charge >= 0.3 is 0 Å². The molecule has 3 nitrogen and oxygen atoms in total. The number of hydrogen-bond donors (Lipinski definition) is 1. The van der Waals surface area contributed by atoms with Crippen molar-refractivity contribution in [3.05, 3.63) is 60.8 Å². The number of para-hydroxylation sites is 2. The Labute approximate surface area is 107 Å². The van der Waals surface area contributed by atoms with Gasteiger partial charge in [0.1, 0.15) is 12.4 Å². The van der Waals surface area contributed by atoms with Gasteiger partial charge in [-0.25, -0.2) is 0 Å². The molecule has 0 aliphatic carbocycles. The first-order valence-corrected chi connectivity index (χ1v) is 5.95. The number of benzene rings is 2. The minimum Gasteiger partial charge on any atom is -0.497 e. The number of hydrogen-bond acceptors (Lipinski definition) is 3. The molecule has 91 valence electrons. The Morgan fingerprint density at radius 3 is 2.61 bits per heavy atom. The average Bonchev–Trinajstić information content (AvgIpc) is 2.83. The number of nitrogens with one attached hydrogen (secondary N) is 1. The molecule has 2 aromatic rings. The molecule has 0 saturated carbocycles. The Hall–Kier alpha value is -2.16. The topological polar surface area (TPSA) is 24.5 Å². The van der Waals surface area contributed by atoms with Gasteiger partial charge in [0, 0.05) is 6.54 Å². The lowest BCUT2D eigenvalue weighted by molar-refractivity contribution is 0.414. The van der Waals surface area contributed by atoms with Gasteiger partial charge in [0.2, 0.25) is 0 Å². The van der Waals surface area contributed by atoms with Gasteiger partial charge in [-0.15, -0.1) is 0 Å². The first-order valence-electron chi connectivity index (χ1n) is 5.95. The van der Waals surface area contributed by atoms with Crippen LogP contribution in [0.5, 0.6) is 5.75 Å². The van der Waals surface area contributed by atoms with E-state index in [2.05, 4.69) is 40.5 Å². The predicted molar refractivity (Wildman–Crippen MR) is 73.5 cm³/mol. The van der Waals surface area contributed by atoms with E-state index in [-0.39, 0.29) is 0 Å². The van der Waals surface area contributed by atoms with Crippen LogP contribution in [0.4, 0.5) is 11.4 Å². The summed E-state index contributed by atoms with van der Waals surface area (Å²) in [7, 11) is 1.68. The number of anilines is 2. The fraction of sp³-hybridized carbons (Fsp3) is 0.133. The molecule has 0 amide bonds. The van der Waals surface area contributed by atoms with Crippen LogP contribution in [0.25, 0.3) is 0 Å². The van der Waals surface area contributed by atoms with Crippen LogP contribution < -0.4 is 15.0 Å². The van der Waals surface area contributed by atoms with Gasteiger partial charge in [-0.1, -0.05) is 24.3 Å². The van der Waals surface area contributed by atoms with Crippen molar-refractivity contribution in [2.75, 3.05) is 17.3 Å². The third-order valence-corrected chi connectivity index (χ3v) is 3.10. The number of fused-ring (bicyclic) bond motifs is 1. The van der Waals surface area contributed by atoms with Crippen LogP contribution >= 0.6 is 0 Å². The summed E-state index contributed by atoms with van der Waals surface area (Å²) < 4.78 is 5.16. The zero-order valence-electron chi connectivity index (χ0n) is 10.3. The van der Waals surface area contributed by atoms with Crippen LogP contribution in [0.15, 0.2) is 48.5 Å². The normalized spacial score (nSPS) is 13.1. The number of ether oxygens (including phenoxy) is 1. The van der Waals surface area contributed by atoms with E-state index in [0.29, 0.717) is 0 Å². The van der Waals surface area contributed by atoms with Crippen LogP contribution in [0, 0.1) is 6.67 Å². The summed E-state index contributed by atoms with van der Waals surface area (Å²) in [6, 6.07) is 16.5. The maximum Gasteiger partial charge on any atom is 0.139 e. The molecule has 1 aliphatic rings. The molecule has 1 heterocycles. The third-order valence-electron chi connectivity index (χ3n) is 3.10. The largest absolute Gasteiger partial charge is 0.497 e. The molecule has 0 bridgehead atoms. The van der Waals surface area contributed by atoms with E-state index in [1.165, 1.54) is 11.3 Å². The lowest BCUT2D eigenvalue weighted by atomic mass is 10.2. The highest BCUT2D eigenvalue weighted by molar-refractivity contribution is 5.76. The van der Waals surface area contributed by atoms with E-state index in [1.807, 2.05) is 24.9 Å². The van der Waals surface area contributed by atoms with Gasteiger partial charge in [-0.3, -0.25) is 0 Å². The van der Waals surface area contributed by atoms with E-state index >= 15 is 0 Å². The van der Waals surface area contributed by atoms with Gasteiger partial charge in [0.05, 0.1) is 18.5 Å². The SMILES string of the molecule is COc1ccc(CN2[CH]Nc3ccccc32)cc1. The first-order chi connectivity index (χ1) is 8.86. The molecule has 1 radical (unpaired) electrons. The van der Waals surface area contributed by atoms with Crippen molar-refractivity contribution < 1.29 is 4.74 Å². The summed E-state index contributed by atoms with van der Waals surface area (Å²) in [5, 5.41) is 3.27. The van der Waals surface area contributed by atoms with Crippen molar-refractivity contribution in [1.82, 2.24) is 0 Å². The maximum atomic E-state index is 5.16. The summed E-state index contributed by atoms with van der Waals surface area (Å²) in [6.07, 6.45) is 0. The Balaban J connectivity index is 1.77. The van der Waals surface area contributed by atoms with Crippen molar-refractivity contribution in [2.45, 2.75) is 6.54 Å². The van der Waals surface area contributed by atoms with Crippen molar-refractivity contribution in [1.29, 1.82) is 0 Å². The standard InChI is InChI=1S/C15H15N2O/c1-18-13-8-6-12(7-9-13)10-17-11-16-14-4-2-3-5-15(14)17/h2-9,11,16H,10H2,1H3. The molecule has 2 aromatic carbocycles. The molecule has 0 aromatic heterocycles. The van der Waals surface area contributed by atoms with Crippen LogP contribution in [-0.2, 0) is 6.54 Å². The van der Waals surface area contributed by atoms with Gasteiger partial charge in [0.25, 0.3) is 0 Å². The Morgan fingerprint density at radius 1 is 1.06 bits per heavy atom. The van der Waals surface area contributed by atoms with Crippen LogP contribution in [0.1, 0.15) is 5.56 Å². The lowest BCUT2D eigenvalue weighted by Gasteiger charge is -2.17. The van der Waals surface area contributed by atoms with E-state index in [0.717, 1.165) is 18.0 Å². The molecule has 1 aliphatic heterocycles. The molecule has 0 fully saturated rings. The molecule has 0 saturated heterocycles. The highest BCUT2D eigenvalue weighted by Crippen LogP contribution is 2.33. The first kappa shape index (κ1) is 11.0. The Kier molecular flexibility index (Phi) is 2.81. The second-order valence-corrected chi connectivity index (χ2v) is 4.27. The highest BCUT2D eigenvalue weighted by atomic mass is 16.5. The summed E-state index contributed by atoms with van der Waals surface area (Å²) in [5.74, 6) is 0.891. The van der Waals surface area contributed by atoms with Gasteiger partial charge in [-0.05, 0) is 29.8 Å². The van der Waals surface area contributed by atoms with Crippen LogP contribution in [0.3, 0.4) is 0 Å². The molecule has 0 spiro atoms. The molecule has 3 rings (SSSR count). The zero-order chi connectivity index (χ0) is 12.4. The fourth-order valence-corrected chi connectivity index (χ4v) is 2.12.